The first-order chi connectivity index (χ1) is 8.65. The number of esters is 1. The number of aromatic nitrogens is 1. The first-order valence-corrected chi connectivity index (χ1v) is 7.25. The number of hydrogen-bond donors (Lipinski definition) is 0. The molecule has 0 spiro atoms. The van der Waals surface area contributed by atoms with E-state index in [-0.39, 0.29) is 11.9 Å². The van der Waals surface area contributed by atoms with Gasteiger partial charge in [-0.1, -0.05) is 6.92 Å². The van der Waals surface area contributed by atoms with E-state index >= 15 is 0 Å². The van der Waals surface area contributed by atoms with Crippen molar-refractivity contribution in [2.24, 2.45) is 0 Å². The van der Waals surface area contributed by atoms with E-state index in [2.05, 4.69) is 22.3 Å². The third-order valence-electron chi connectivity index (χ3n) is 3.54. The van der Waals surface area contributed by atoms with E-state index in [1.54, 1.807) is 11.3 Å². The van der Waals surface area contributed by atoms with Crippen LogP contribution in [0.25, 0.3) is 0 Å². The SMILES string of the molecule is CCC(C(=O)OC)c1nc(C2CCN(C)C2)cs1. The molecule has 0 saturated carbocycles. The Morgan fingerprint density at radius 3 is 3.06 bits per heavy atom. The summed E-state index contributed by atoms with van der Waals surface area (Å²) in [6, 6.07) is 0. The van der Waals surface area contributed by atoms with Crippen molar-refractivity contribution in [3.05, 3.63) is 16.1 Å². The molecule has 0 aromatic carbocycles. The standard InChI is InChI=1S/C13H20N2O2S/c1-4-10(13(16)17-3)12-14-11(8-18-12)9-5-6-15(2)7-9/h8-10H,4-7H2,1-3H3. The van der Waals surface area contributed by atoms with Crippen LogP contribution < -0.4 is 0 Å². The quantitative estimate of drug-likeness (QED) is 0.785. The summed E-state index contributed by atoms with van der Waals surface area (Å²) in [4.78, 5) is 18.6. The van der Waals surface area contributed by atoms with E-state index < -0.39 is 0 Å². The second kappa shape index (κ2) is 5.80. The van der Waals surface area contributed by atoms with E-state index in [1.807, 2.05) is 6.92 Å². The predicted molar refractivity (Wildman–Crippen MR) is 72.0 cm³/mol. The molecule has 0 N–H and O–H groups in total. The topological polar surface area (TPSA) is 42.4 Å². The summed E-state index contributed by atoms with van der Waals surface area (Å²) in [7, 11) is 3.57. The van der Waals surface area contributed by atoms with Crippen LogP contribution in [-0.2, 0) is 9.53 Å². The van der Waals surface area contributed by atoms with E-state index in [4.69, 9.17) is 4.74 Å². The summed E-state index contributed by atoms with van der Waals surface area (Å²) in [6.07, 6.45) is 1.90. The molecule has 1 aliphatic rings. The first kappa shape index (κ1) is 13.5. The van der Waals surface area contributed by atoms with Crippen LogP contribution in [0.5, 0.6) is 0 Å². The lowest BCUT2D eigenvalue weighted by atomic mass is 10.1. The molecule has 0 radical (unpaired) electrons. The zero-order valence-corrected chi connectivity index (χ0v) is 12.0. The molecule has 18 heavy (non-hydrogen) atoms. The lowest BCUT2D eigenvalue weighted by molar-refractivity contribution is -0.142. The lowest BCUT2D eigenvalue weighted by Crippen LogP contribution is -2.14. The van der Waals surface area contributed by atoms with Gasteiger partial charge >= 0.3 is 5.97 Å². The smallest absolute Gasteiger partial charge is 0.315 e. The minimum absolute atomic E-state index is 0.179. The van der Waals surface area contributed by atoms with Gasteiger partial charge in [0.1, 0.15) is 10.9 Å². The molecule has 1 saturated heterocycles. The van der Waals surface area contributed by atoms with Crippen LogP contribution in [0, 0.1) is 0 Å². The number of carbonyl (C=O) groups is 1. The van der Waals surface area contributed by atoms with Crippen molar-refractivity contribution in [2.45, 2.75) is 31.6 Å². The fourth-order valence-electron chi connectivity index (χ4n) is 2.41. The highest BCUT2D eigenvalue weighted by Gasteiger charge is 2.27. The maximum Gasteiger partial charge on any atom is 0.315 e. The molecule has 0 bridgehead atoms. The van der Waals surface area contributed by atoms with Crippen molar-refractivity contribution in [3.8, 4) is 0 Å². The molecule has 5 heteroatoms. The van der Waals surface area contributed by atoms with Crippen LogP contribution >= 0.6 is 11.3 Å². The third-order valence-corrected chi connectivity index (χ3v) is 4.52. The Morgan fingerprint density at radius 1 is 1.72 bits per heavy atom. The zero-order chi connectivity index (χ0) is 13.1. The van der Waals surface area contributed by atoms with Crippen LogP contribution in [0.2, 0.25) is 0 Å². The van der Waals surface area contributed by atoms with Gasteiger partial charge in [0, 0.05) is 17.8 Å². The second-order valence-corrected chi connectivity index (χ2v) is 5.73. The van der Waals surface area contributed by atoms with Crippen molar-refractivity contribution in [2.75, 3.05) is 27.2 Å². The van der Waals surface area contributed by atoms with E-state index in [1.165, 1.54) is 7.11 Å². The summed E-state index contributed by atoms with van der Waals surface area (Å²) < 4.78 is 4.83. The molecule has 2 heterocycles. The van der Waals surface area contributed by atoms with Crippen LogP contribution in [0.1, 0.15) is 42.3 Å². The normalized spacial score (nSPS) is 22.1. The minimum atomic E-state index is -0.201. The highest BCUT2D eigenvalue weighted by molar-refractivity contribution is 7.09. The van der Waals surface area contributed by atoms with Crippen molar-refractivity contribution < 1.29 is 9.53 Å². The number of nitrogens with zero attached hydrogens (tertiary/aromatic N) is 2. The van der Waals surface area contributed by atoms with Gasteiger partial charge in [0.05, 0.1) is 12.8 Å². The van der Waals surface area contributed by atoms with Crippen molar-refractivity contribution >= 4 is 17.3 Å². The fourth-order valence-corrected chi connectivity index (χ4v) is 3.48. The Bertz CT molecular complexity index is 419. The van der Waals surface area contributed by atoms with Crippen LogP contribution in [0.3, 0.4) is 0 Å². The summed E-state index contributed by atoms with van der Waals surface area (Å²) in [5.41, 5.74) is 1.14. The van der Waals surface area contributed by atoms with Gasteiger partial charge in [-0.25, -0.2) is 4.98 Å². The van der Waals surface area contributed by atoms with Crippen LogP contribution in [-0.4, -0.2) is 43.1 Å². The predicted octanol–water partition coefficient (Wildman–Crippen LogP) is 2.23. The third kappa shape index (κ3) is 2.72. The Kier molecular flexibility index (Phi) is 4.35. The number of methoxy groups -OCH3 is 1. The van der Waals surface area contributed by atoms with E-state index in [9.17, 15) is 4.79 Å². The molecule has 2 rings (SSSR count). The van der Waals surface area contributed by atoms with Gasteiger partial charge in [-0.15, -0.1) is 11.3 Å². The van der Waals surface area contributed by atoms with Gasteiger partial charge < -0.3 is 9.64 Å². The number of likely N-dealkylation sites (N-methyl/N-ethyl adjacent to an activating group) is 1. The first-order valence-electron chi connectivity index (χ1n) is 6.37. The number of rotatable bonds is 4. The molecule has 100 valence electrons. The van der Waals surface area contributed by atoms with E-state index in [0.29, 0.717) is 5.92 Å². The van der Waals surface area contributed by atoms with Crippen LogP contribution in [0.4, 0.5) is 0 Å². The van der Waals surface area contributed by atoms with Gasteiger partial charge in [-0.3, -0.25) is 4.79 Å². The van der Waals surface area contributed by atoms with Gasteiger partial charge in [-0.05, 0) is 26.4 Å². The number of hydrogen-bond acceptors (Lipinski definition) is 5. The monoisotopic (exact) mass is 268 g/mol. The largest absolute Gasteiger partial charge is 0.468 e. The average Bonchev–Trinajstić information content (AvgIpc) is 2.98. The Morgan fingerprint density at radius 2 is 2.50 bits per heavy atom. The lowest BCUT2D eigenvalue weighted by Gasteiger charge is -2.09. The fraction of sp³-hybridized carbons (Fsp3) is 0.692. The minimum Gasteiger partial charge on any atom is -0.468 e. The highest BCUT2D eigenvalue weighted by Crippen LogP contribution is 2.31. The molecular formula is C13H20N2O2S. The summed E-state index contributed by atoms with van der Waals surface area (Å²) in [5.74, 6) is 0.143. The Labute approximate surface area is 112 Å². The molecule has 2 atom stereocenters. The number of carbonyl (C=O) groups excluding carboxylic acids is 1. The molecule has 1 aromatic rings. The van der Waals surface area contributed by atoms with E-state index in [0.717, 1.165) is 36.6 Å². The number of thiazole rings is 1. The van der Waals surface area contributed by atoms with Crippen molar-refractivity contribution in [1.82, 2.24) is 9.88 Å². The Hall–Kier alpha value is -0.940. The molecule has 1 aliphatic heterocycles. The molecule has 1 fully saturated rings. The van der Waals surface area contributed by atoms with Crippen molar-refractivity contribution in [1.29, 1.82) is 0 Å². The molecule has 2 unspecified atom stereocenters. The molecule has 0 amide bonds. The number of ether oxygens (including phenoxy) is 1. The molecule has 4 nitrogen and oxygen atoms in total. The summed E-state index contributed by atoms with van der Waals surface area (Å²) >= 11 is 1.58. The summed E-state index contributed by atoms with van der Waals surface area (Å²) in [5, 5.41) is 3.00. The van der Waals surface area contributed by atoms with Gasteiger partial charge in [0.2, 0.25) is 0 Å². The average molecular weight is 268 g/mol. The van der Waals surface area contributed by atoms with Crippen molar-refractivity contribution in [3.63, 3.8) is 0 Å². The van der Waals surface area contributed by atoms with Gasteiger partial charge in [-0.2, -0.15) is 0 Å². The van der Waals surface area contributed by atoms with Crippen LogP contribution in [0.15, 0.2) is 5.38 Å². The van der Waals surface area contributed by atoms with Gasteiger partial charge in [0.15, 0.2) is 0 Å². The number of likely N-dealkylation sites (tertiary alicyclic amines) is 1. The highest BCUT2D eigenvalue weighted by atomic mass is 32.1. The maximum atomic E-state index is 11.7. The van der Waals surface area contributed by atoms with Gasteiger partial charge in [0.25, 0.3) is 0 Å². The zero-order valence-electron chi connectivity index (χ0n) is 11.2. The maximum absolute atomic E-state index is 11.7. The second-order valence-electron chi connectivity index (χ2n) is 4.84. The molecule has 0 aliphatic carbocycles. The summed E-state index contributed by atoms with van der Waals surface area (Å²) in [6.45, 7) is 4.19. The Balaban J connectivity index is 2.11. The molecular weight excluding hydrogens is 248 g/mol. The molecule has 1 aromatic heterocycles.